The number of hydrazine groups is 1. The van der Waals surface area contributed by atoms with Gasteiger partial charge in [0.25, 0.3) is 5.91 Å². The summed E-state index contributed by atoms with van der Waals surface area (Å²) >= 11 is 0. The van der Waals surface area contributed by atoms with Gasteiger partial charge in [0.15, 0.2) is 0 Å². The number of rotatable bonds is 5. The monoisotopic (exact) mass is 284 g/mol. The summed E-state index contributed by atoms with van der Waals surface area (Å²) in [7, 11) is 0. The number of amides is 1. The first-order valence-corrected chi connectivity index (χ1v) is 6.94. The highest BCUT2D eigenvalue weighted by Gasteiger charge is 2.21. The van der Waals surface area contributed by atoms with Crippen LogP contribution in [0.1, 0.15) is 37.0 Å². The van der Waals surface area contributed by atoms with E-state index in [-0.39, 0.29) is 5.91 Å². The van der Waals surface area contributed by atoms with Gasteiger partial charge in [0, 0.05) is 5.56 Å². The molecule has 0 aliphatic carbocycles. The van der Waals surface area contributed by atoms with Crippen molar-refractivity contribution >= 4 is 5.91 Å². The van der Waals surface area contributed by atoms with E-state index in [1.807, 2.05) is 54.6 Å². The maximum absolute atomic E-state index is 11.9. The third-order valence-corrected chi connectivity index (χ3v) is 3.28. The molecule has 2 aromatic carbocycles. The van der Waals surface area contributed by atoms with Crippen LogP contribution in [0.5, 0.6) is 5.75 Å². The van der Waals surface area contributed by atoms with Crippen LogP contribution < -0.4 is 16.0 Å². The van der Waals surface area contributed by atoms with Crippen LogP contribution in [0.2, 0.25) is 0 Å². The molecule has 1 unspecified atom stereocenters. The highest BCUT2D eigenvalue weighted by atomic mass is 16.5. The van der Waals surface area contributed by atoms with Crippen molar-refractivity contribution in [3.63, 3.8) is 0 Å². The minimum Gasteiger partial charge on any atom is -0.476 e. The lowest BCUT2D eigenvalue weighted by Crippen LogP contribution is -2.37. The van der Waals surface area contributed by atoms with Crippen molar-refractivity contribution in [3.8, 4) is 5.75 Å². The second-order valence-electron chi connectivity index (χ2n) is 5.14. The van der Waals surface area contributed by atoms with Crippen molar-refractivity contribution in [2.45, 2.75) is 25.9 Å². The Morgan fingerprint density at radius 3 is 2.14 bits per heavy atom. The lowest BCUT2D eigenvalue weighted by Gasteiger charge is -2.18. The van der Waals surface area contributed by atoms with Crippen LogP contribution in [-0.4, -0.2) is 5.91 Å². The zero-order chi connectivity index (χ0) is 15.2. The van der Waals surface area contributed by atoms with Crippen molar-refractivity contribution in [2.24, 2.45) is 5.84 Å². The van der Waals surface area contributed by atoms with E-state index >= 15 is 0 Å². The van der Waals surface area contributed by atoms with Crippen LogP contribution in [0.25, 0.3) is 0 Å². The Balaban J connectivity index is 2.21. The van der Waals surface area contributed by atoms with E-state index in [2.05, 4.69) is 19.3 Å². The summed E-state index contributed by atoms with van der Waals surface area (Å²) in [6.07, 6.45) is -0.763. The first kappa shape index (κ1) is 15.1. The van der Waals surface area contributed by atoms with Crippen LogP contribution in [0.3, 0.4) is 0 Å². The molecule has 3 N–H and O–H groups in total. The molecule has 0 bridgehead atoms. The normalized spacial score (nSPS) is 12.0. The van der Waals surface area contributed by atoms with Crippen LogP contribution in [-0.2, 0) is 4.79 Å². The van der Waals surface area contributed by atoms with Gasteiger partial charge in [0.05, 0.1) is 0 Å². The van der Waals surface area contributed by atoms with Gasteiger partial charge in [-0.05, 0) is 23.6 Å². The molecular weight excluding hydrogens is 264 g/mol. The Hall–Kier alpha value is -2.33. The molecule has 0 saturated carbocycles. The molecule has 0 aromatic heterocycles. The van der Waals surface area contributed by atoms with Crippen LogP contribution in [0, 0.1) is 0 Å². The lowest BCUT2D eigenvalue weighted by molar-refractivity contribution is -0.128. The fourth-order valence-corrected chi connectivity index (χ4v) is 2.04. The second kappa shape index (κ2) is 6.90. The Morgan fingerprint density at radius 1 is 1.00 bits per heavy atom. The predicted molar refractivity (Wildman–Crippen MR) is 82.7 cm³/mol. The molecule has 0 aliphatic rings. The Morgan fingerprint density at radius 2 is 1.62 bits per heavy atom. The molecule has 110 valence electrons. The number of benzene rings is 2. The van der Waals surface area contributed by atoms with Crippen LogP contribution in [0.4, 0.5) is 0 Å². The second-order valence-corrected chi connectivity index (χ2v) is 5.14. The van der Waals surface area contributed by atoms with Crippen molar-refractivity contribution in [2.75, 3.05) is 0 Å². The van der Waals surface area contributed by atoms with E-state index in [4.69, 9.17) is 10.6 Å². The fraction of sp³-hybridized carbons (Fsp3) is 0.235. The van der Waals surface area contributed by atoms with Crippen molar-refractivity contribution < 1.29 is 9.53 Å². The number of hydrogen-bond acceptors (Lipinski definition) is 3. The highest BCUT2D eigenvalue weighted by molar-refractivity contribution is 5.82. The molecule has 4 heteroatoms. The maximum Gasteiger partial charge on any atom is 0.279 e. The zero-order valence-corrected chi connectivity index (χ0v) is 12.2. The van der Waals surface area contributed by atoms with Gasteiger partial charge in [0.1, 0.15) is 5.75 Å². The number of nitrogens with two attached hydrogens (primary N) is 1. The van der Waals surface area contributed by atoms with Crippen LogP contribution >= 0.6 is 0 Å². The third-order valence-electron chi connectivity index (χ3n) is 3.28. The summed E-state index contributed by atoms with van der Waals surface area (Å²) in [6.45, 7) is 4.26. The molecule has 2 rings (SSSR count). The number of carbonyl (C=O) groups excluding carboxylic acids is 1. The summed E-state index contributed by atoms with van der Waals surface area (Å²) in [5.74, 6) is 5.96. The summed E-state index contributed by atoms with van der Waals surface area (Å²) < 4.78 is 5.80. The Labute approximate surface area is 124 Å². The molecule has 0 spiro atoms. The molecule has 0 heterocycles. The predicted octanol–water partition coefficient (Wildman–Crippen LogP) is 2.92. The zero-order valence-electron chi connectivity index (χ0n) is 12.2. The highest BCUT2D eigenvalue weighted by Crippen LogP contribution is 2.24. The molecule has 21 heavy (non-hydrogen) atoms. The van der Waals surface area contributed by atoms with E-state index in [0.717, 1.165) is 5.56 Å². The maximum atomic E-state index is 11.9. The number of hydrogen-bond donors (Lipinski definition) is 2. The minimum absolute atomic E-state index is 0.380. The molecule has 1 atom stereocenters. The topological polar surface area (TPSA) is 64.3 Å². The fourth-order valence-electron chi connectivity index (χ4n) is 2.04. The SMILES string of the molecule is CC(C)c1ccc(OC(C(=O)NN)c2ccccc2)cc1. The third kappa shape index (κ3) is 3.83. The van der Waals surface area contributed by atoms with Gasteiger partial charge in [-0.2, -0.15) is 0 Å². The smallest absolute Gasteiger partial charge is 0.279 e. The Kier molecular flexibility index (Phi) is 4.95. The molecular formula is C17H20N2O2. The van der Waals surface area contributed by atoms with Gasteiger partial charge in [-0.15, -0.1) is 0 Å². The van der Waals surface area contributed by atoms with Gasteiger partial charge in [0.2, 0.25) is 6.10 Å². The molecule has 0 aliphatic heterocycles. The number of carbonyl (C=O) groups is 1. The molecule has 0 fully saturated rings. The lowest BCUT2D eigenvalue weighted by atomic mass is 10.0. The molecule has 2 aromatic rings. The van der Waals surface area contributed by atoms with Crippen LogP contribution in [0.15, 0.2) is 54.6 Å². The van der Waals surface area contributed by atoms with Gasteiger partial charge >= 0.3 is 0 Å². The summed E-state index contributed by atoms with van der Waals surface area (Å²) in [6, 6.07) is 17.0. The Bertz CT molecular complexity index is 579. The van der Waals surface area contributed by atoms with Gasteiger partial charge < -0.3 is 4.74 Å². The van der Waals surface area contributed by atoms with Gasteiger partial charge in [-0.1, -0.05) is 56.3 Å². The number of nitrogens with one attached hydrogen (secondary N) is 1. The summed E-state index contributed by atoms with van der Waals surface area (Å²) in [5.41, 5.74) is 4.13. The summed E-state index contributed by atoms with van der Waals surface area (Å²) in [5, 5.41) is 0. The standard InChI is InChI=1S/C17H20N2O2/c1-12(2)13-8-10-15(11-9-13)21-16(17(20)19-18)14-6-4-3-5-7-14/h3-12,16H,18H2,1-2H3,(H,19,20). The van der Waals surface area contributed by atoms with Crippen molar-refractivity contribution in [1.82, 2.24) is 5.43 Å². The average Bonchev–Trinajstić information content (AvgIpc) is 2.53. The first-order chi connectivity index (χ1) is 10.1. The number of ether oxygens (including phenoxy) is 1. The van der Waals surface area contributed by atoms with E-state index in [1.54, 1.807) is 0 Å². The van der Waals surface area contributed by atoms with E-state index < -0.39 is 6.10 Å². The van der Waals surface area contributed by atoms with E-state index in [9.17, 15) is 4.79 Å². The van der Waals surface area contributed by atoms with E-state index in [1.165, 1.54) is 5.56 Å². The molecule has 1 amide bonds. The van der Waals surface area contributed by atoms with Gasteiger partial charge in [-0.3, -0.25) is 10.2 Å². The molecule has 4 nitrogen and oxygen atoms in total. The van der Waals surface area contributed by atoms with Crippen molar-refractivity contribution in [1.29, 1.82) is 0 Å². The van der Waals surface area contributed by atoms with E-state index in [0.29, 0.717) is 11.7 Å². The largest absolute Gasteiger partial charge is 0.476 e. The minimum atomic E-state index is -0.763. The van der Waals surface area contributed by atoms with Crippen molar-refractivity contribution in [3.05, 3.63) is 65.7 Å². The molecule has 0 saturated heterocycles. The summed E-state index contributed by atoms with van der Waals surface area (Å²) in [4.78, 5) is 11.9. The average molecular weight is 284 g/mol. The quantitative estimate of drug-likeness (QED) is 0.504. The first-order valence-electron chi connectivity index (χ1n) is 6.94. The molecule has 0 radical (unpaired) electrons. The van der Waals surface area contributed by atoms with Gasteiger partial charge in [-0.25, -0.2) is 5.84 Å².